The lowest BCUT2D eigenvalue weighted by Crippen LogP contribution is -2.39. The average Bonchev–Trinajstić information content (AvgIpc) is 2.86. The van der Waals surface area contributed by atoms with Gasteiger partial charge in [0.15, 0.2) is 0 Å². The second kappa shape index (κ2) is 5.70. The molecule has 4 heteroatoms. The molecule has 1 saturated heterocycles. The number of nitrogens with one attached hydrogen (secondary N) is 2. The quantitative estimate of drug-likeness (QED) is 0.883. The van der Waals surface area contributed by atoms with Crippen molar-refractivity contribution in [1.82, 2.24) is 15.6 Å². The maximum atomic E-state index is 4.95. The van der Waals surface area contributed by atoms with Crippen LogP contribution in [0.3, 0.4) is 0 Å². The van der Waals surface area contributed by atoms with Crippen LogP contribution in [0.25, 0.3) is 0 Å². The number of hydrogen-bond acceptors (Lipinski definition) is 4. The van der Waals surface area contributed by atoms with E-state index in [0.717, 1.165) is 44.6 Å². The van der Waals surface area contributed by atoms with Gasteiger partial charge in [0.2, 0.25) is 0 Å². The Morgan fingerprint density at radius 2 is 2.05 bits per heavy atom. The fraction of sp³-hybridized carbons (Fsp3) is 0.688. The third kappa shape index (κ3) is 2.67. The van der Waals surface area contributed by atoms with Crippen molar-refractivity contribution in [3.05, 3.63) is 22.9 Å². The summed E-state index contributed by atoms with van der Waals surface area (Å²) in [6.45, 7) is 9.80. The van der Waals surface area contributed by atoms with Crippen LogP contribution < -0.4 is 15.5 Å². The minimum absolute atomic E-state index is 0.764. The van der Waals surface area contributed by atoms with Crippen LogP contribution in [-0.2, 0) is 19.6 Å². The van der Waals surface area contributed by atoms with Crippen molar-refractivity contribution in [2.75, 3.05) is 25.0 Å². The van der Waals surface area contributed by atoms with Crippen LogP contribution in [0.4, 0.5) is 5.82 Å². The van der Waals surface area contributed by atoms with Gasteiger partial charge in [0.05, 0.1) is 5.69 Å². The molecule has 0 aromatic carbocycles. The van der Waals surface area contributed by atoms with Crippen LogP contribution in [0.1, 0.15) is 37.1 Å². The lowest BCUT2D eigenvalue weighted by molar-refractivity contribution is 0.355. The molecule has 0 spiro atoms. The fourth-order valence-electron chi connectivity index (χ4n) is 3.69. The number of rotatable bonds is 3. The van der Waals surface area contributed by atoms with Crippen molar-refractivity contribution in [3.63, 3.8) is 0 Å². The van der Waals surface area contributed by atoms with Gasteiger partial charge in [-0.3, -0.25) is 0 Å². The number of piperidine rings is 1. The second-order valence-corrected chi connectivity index (χ2v) is 6.55. The molecular weight excluding hydrogens is 248 g/mol. The molecule has 1 aromatic rings. The normalized spacial score (nSPS) is 25.9. The Bertz CT molecular complexity index is 476. The molecule has 0 bridgehead atoms. The number of anilines is 1. The molecule has 0 radical (unpaired) electrons. The Morgan fingerprint density at radius 1 is 1.30 bits per heavy atom. The topological polar surface area (TPSA) is 40.2 Å². The third-order valence-electron chi connectivity index (χ3n) is 4.44. The van der Waals surface area contributed by atoms with Crippen LogP contribution in [0.2, 0.25) is 0 Å². The Hall–Kier alpha value is -1.13. The number of fused-ring (bicyclic) bond motifs is 1. The Balaban J connectivity index is 1.91. The zero-order valence-electron chi connectivity index (χ0n) is 12.9. The number of aromatic nitrogens is 1. The molecule has 1 aromatic heterocycles. The summed E-state index contributed by atoms with van der Waals surface area (Å²) in [7, 11) is 1.99. The van der Waals surface area contributed by atoms with Gasteiger partial charge in [0.1, 0.15) is 5.82 Å². The van der Waals surface area contributed by atoms with Crippen molar-refractivity contribution in [3.8, 4) is 0 Å². The molecule has 0 aliphatic carbocycles. The highest BCUT2D eigenvalue weighted by Gasteiger charge is 2.25. The largest absolute Gasteiger partial charge is 0.356 e. The van der Waals surface area contributed by atoms with Gasteiger partial charge < -0.3 is 15.5 Å². The first-order chi connectivity index (χ1) is 9.67. The molecule has 0 saturated carbocycles. The van der Waals surface area contributed by atoms with Gasteiger partial charge in [-0.25, -0.2) is 4.98 Å². The van der Waals surface area contributed by atoms with Crippen molar-refractivity contribution in [2.45, 2.75) is 39.9 Å². The van der Waals surface area contributed by atoms with E-state index in [4.69, 9.17) is 4.98 Å². The van der Waals surface area contributed by atoms with E-state index in [-0.39, 0.29) is 0 Å². The molecule has 2 aliphatic heterocycles. The van der Waals surface area contributed by atoms with Gasteiger partial charge in [0.25, 0.3) is 0 Å². The molecule has 2 unspecified atom stereocenters. The minimum Gasteiger partial charge on any atom is -0.356 e. The van der Waals surface area contributed by atoms with Crippen molar-refractivity contribution < 1.29 is 0 Å². The molecule has 20 heavy (non-hydrogen) atoms. The van der Waals surface area contributed by atoms with Gasteiger partial charge in [0, 0.05) is 32.7 Å². The lowest BCUT2D eigenvalue weighted by Gasteiger charge is -2.36. The molecule has 3 heterocycles. The zero-order chi connectivity index (χ0) is 14.1. The van der Waals surface area contributed by atoms with E-state index in [0.29, 0.717) is 0 Å². The van der Waals surface area contributed by atoms with Gasteiger partial charge in [-0.15, -0.1) is 0 Å². The summed E-state index contributed by atoms with van der Waals surface area (Å²) in [6.07, 6.45) is 1.34. The van der Waals surface area contributed by atoms with E-state index >= 15 is 0 Å². The highest BCUT2D eigenvalue weighted by atomic mass is 15.2. The van der Waals surface area contributed by atoms with E-state index in [9.17, 15) is 0 Å². The Kier molecular flexibility index (Phi) is 3.94. The first kappa shape index (κ1) is 13.8. The van der Waals surface area contributed by atoms with Crippen LogP contribution in [0, 0.1) is 11.8 Å². The van der Waals surface area contributed by atoms with Gasteiger partial charge in [-0.2, -0.15) is 0 Å². The first-order valence-electron chi connectivity index (χ1n) is 7.79. The fourth-order valence-corrected chi connectivity index (χ4v) is 3.69. The predicted octanol–water partition coefficient (Wildman–Crippen LogP) is 1.89. The average molecular weight is 274 g/mol. The van der Waals surface area contributed by atoms with Crippen LogP contribution in [-0.4, -0.2) is 25.1 Å². The highest BCUT2D eigenvalue weighted by molar-refractivity contribution is 5.48. The molecular formula is C16H26N4. The van der Waals surface area contributed by atoms with E-state index in [2.05, 4.69) is 35.4 Å². The molecule has 2 N–H and O–H groups in total. The third-order valence-corrected chi connectivity index (χ3v) is 4.44. The summed E-state index contributed by atoms with van der Waals surface area (Å²) in [5.74, 6) is 2.70. The number of nitrogens with zero attached hydrogens (tertiary/aromatic N) is 2. The predicted molar refractivity (Wildman–Crippen MR) is 82.7 cm³/mol. The number of pyridine rings is 1. The van der Waals surface area contributed by atoms with Gasteiger partial charge in [-0.1, -0.05) is 13.8 Å². The molecule has 0 amide bonds. The van der Waals surface area contributed by atoms with E-state index < -0.39 is 0 Å². The summed E-state index contributed by atoms with van der Waals surface area (Å²) in [5.41, 5.74) is 4.06. The molecule has 2 atom stereocenters. The van der Waals surface area contributed by atoms with Crippen LogP contribution >= 0.6 is 0 Å². The standard InChI is InChI=1S/C16H26N4/c1-11-4-12(2)10-20(9-11)16-5-13-6-18-7-14(13)15(19-16)8-17-3/h5,11-12,17-18H,4,6-10H2,1-3H3. The second-order valence-electron chi connectivity index (χ2n) is 6.55. The Morgan fingerprint density at radius 3 is 2.75 bits per heavy atom. The van der Waals surface area contributed by atoms with Gasteiger partial charge >= 0.3 is 0 Å². The maximum Gasteiger partial charge on any atom is 0.129 e. The van der Waals surface area contributed by atoms with E-state index in [1.54, 1.807) is 0 Å². The SMILES string of the molecule is CNCc1nc(N2CC(C)CC(C)C2)cc2c1CNC2. The van der Waals surface area contributed by atoms with Gasteiger partial charge in [-0.05, 0) is 42.5 Å². The Labute approximate surface area is 122 Å². The first-order valence-corrected chi connectivity index (χ1v) is 7.79. The maximum absolute atomic E-state index is 4.95. The van der Waals surface area contributed by atoms with E-state index in [1.807, 2.05) is 7.05 Å². The minimum atomic E-state index is 0.764. The molecule has 4 nitrogen and oxygen atoms in total. The highest BCUT2D eigenvalue weighted by Crippen LogP contribution is 2.29. The van der Waals surface area contributed by atoms with Crippen molar-refractivity contribution in [1.29, 1.82) is 0 Å². The summed E-state index contributed by atoms with van der Waals surface area (Å²) >= 11 is 0. The van der Waals surface area contributed by atoms with E-state index in [1.165, 1.54) is 29.1 Å². The lowest BCUT2D eigenvalue weighted by atomic mass is 9.92. The van der Waals surface area contributed by atoms with Crippen LogP contribution in [0.5, 0.6) is 0 Å². The molecule has 3 rings (SSSR count). The molecule has 2 aliphatic rings. The summed E-state index contributed by atoms with van der Waals surface area (Å²) in [4.78, 5) is 7.43. The summed E-state index contributed by atoms with van der Waals surface area (Å²) in [6, 6.07) is 2.30. The summed E-state index contributed by atoms with van der Waals surface area (Å²) in [5, 5.41) is 6.70. The molecule has 110 valence electrons. The van der Waals surface area contributed by atoms with Crippen molar-refractivity contribution >= 4 is 5.82 Å². The number of hydrogen-bond donors (Lipinski definition) is 2. The molecule has 1 fully saturated rings. The monoisotopic (exact) mass is 274 g/mol. The smallest absolute Gasteiger partial charge is 0.129 e. The summed E-state index contributed by atoms with van der Waals surface area (Å²) < 4.78 is 0. The zero-order valence-corrected chi connectivity index (χ0v) is 12.9. The van der Waals surface area contributed by atoms with Crippen LogP contribution in [0.15, 0.2) is 6.07 Å². The van der Waals surface area contributed by atoms with Crippen molar-refractivity contribution in [2.24, 2.45) is 11.8 Å².